The molecule has 4 aromatic rings. The normalized spacial score (nSPS) is 16.1. The number of ether oxygens (including phenoxy) is 4. The van der Waals surface area contributed by atoms with E-state index in [0.717, 1.165) is 22.3 Å². The Balaban J connectivity index is 1.83. The smallest absolute Gasteiger partial charge is 0.325 e. The summed E-state index contributed by atoms with van der Waals surface area (Å²) in [5, 5.41) is 31.4. The second-order valence-electron chi connectivity index (χ2n) is 16.7. The number of nitrogens with one attached hydrogen (secondary N) is 4. The van der Waals surface area contributed by atoms with Gasteiger partial charge in [-0.05, 0) is 91.7 Å². The maximum atomic E-state index is 14.8. The first kappa shape index (κ1) is 53.6. The van der Waals surface area contributed by atoms with E-state index in [-0.39, 0.29) is 31.0 Å². The Morgan fingerprint density at radius 1 is 0.621 bits per heavy atom. The highest BCUT2D eigenvalue weighted by Crippen LogP contribution is 2.26. The van der Waals surface area contributed by atoms with E-state index in [1.54, 1.807) is 50.4 Å². The van der Waals surface area contributed by atoms with Crippen molar-refractivity contribution < 1.29 is 48.0 Å². The summed E-state index contributed by atoms with van der Waals surface area (Å²) in [4.78, 5) is 69.0. The van der Waals surface area contributed by atoms with Gasteiger partial charge in [0.2, 0.25) is 18.1 Å². The number of carbonyl (C=O) groups excluding carboxylic acids is 5. The third-order valence-corrected chi connectivity index (χ3v) is 13.0. The summed E-state index contributed by atoms with van der Waals surface area (Å²) in [6.45, 7) is 11.8. The number of aliphatic hydroxyl groups is 1. The molecule has 2 aromatic carbocycles. The van der Waals surface area contributed by atoms with Gasteiger partial charge in [0.05, 0.1) is 13.2 Å². The minimum Gasteiger partial charge on any atom is -0.435 e. The van der Waals surface area contributed by atoms with E-state index in [1.807, 2.05) is 96.0 Å². The molecule has 66 heavy (non-hydrogen) atoms. The first-order valence-electron chi connectivity index (χ1n) is 22.3. The van der Waals surface area contributed by atoms with Gasteiger partial charge in [-0.15, -0.1) is 0 Å². The number of hydrogen-bond acceptors (Lipinski definition) is 13. The predicted octanol–water partition coefficient (Wildman–Crippen LogP) is 5.79. The molecular formula is C49H67N5O10S2. The van der Waals surface area contributed by atoms with Crippen LogP contribution in [0.1, 0.15) is 72.4 Å². The number of esters is 1. The van der Waals surface area contributed by atoms with Crippen molar-refractivity contribution in [2.24, 2.45) is 23.5 Å². The molecule has 4 rings (SSSR count). The Hall–Kier alpha value is -5.01. The molecule has 2 aromatic heterocycles. The molecule has 0 saturated heterocycles. The van der Waals surface area contributed by atoms with E-state index in [1.165, 1.54) is 21.0 Å². The predicted molar refractivity (Wildman–Crippen MR) is 257 cm³/mol. The van der Waals surface area contributed by atoms with Crippen molar-refractivity contribution >= 4 is 52.3 Å². The number of likely N-dealkylation sites (N-methyl/N-ethyl adjacent to an activating group) is 2. The van der Waals surface area contributed by atoms with Gasteiger partial charge >= 0.3 is 5.97 Å². The van der Waals surface area contributed by atoms with Crippen LogP contribution >= 0.6 is 22.7 Å². The lowest BCUT2D eigenvalue weighted by atomic mass is 9.95. The second kappa shape index (κ2) is 26.4. The zero-order chi connectivity index (χ0) is 48.5. The van der Waals surface area contributed by atoms with Crippen LogP contribution in [0.3, 0.4) is 0 Å². The highest BCUT2D eigenvalue weighted by Gasteiger charge is 2.46. The molecule has 360 valence electrons. The SMILES string of the molecule is CCC(C)[C@H](NC(=O)[C@H](OCc1ccc(-c2ccsc2)cc1)[C@H](O)[C@@H](OC(C)OC(=O)[C@@H](N)C(C)C)[C@@H](OCc1ccc(-c2ccsc2)cc1)C(=O)N[C@H](C(=O)NC)C(C)CC)C(=O)NC. The van der Waals surface area contributed by atoms with Gasteiger partial charge < -0.3 is 51.1 Å². The fraction of sp³-hybridized carbons (Fsp3) is 0.490. The van der Waals surface area contributed by atoms with Gasteiger partial charge in [-0.2, -0.15) is 22.7 Å². The molecule has 3 unspecified atom stereocenters. The van der Waals surface area contributed by atoms with Crippen molar-refractivity contribution in [1.82, 2.24) is 21.3 Å². The van der Waals surface area contributed by atoms with Crippen LogP contribution in [0.5, 0.6) is 0 Å². The van der Waals surface area contributed by atoms with Crippen molar-refractivity contribution in [3.8, 4) is 22.3 Å². The molecule has 0 bridgehead atoms. The Kier molecular flexibility index (Phi) is 21.4. The van der Waals surface area contributed by atoms with Gasteiger partial charge in [0.1, 0.15) is 30.3 Å². The van der Waals surface area contributed by atoms with Crippen LogP contribution in [0, 0.1) is 17.8 Å². The number of thiophene rings is 2. The third-order valence-electron chi connectivity index (χ3n) is 11.6. The summed E-state index contributed by atoms with van der Waals surface area (Å²) in [5.74, 6) is -4.52. The second-order valence-corrected chi connectivity index (χ2v) is 18.3. The average molecular weight is 950 g/mol. The summed E-state index contributed by atoms with van der Waals surface area (Å²) in [5.41, 5.74) is 11.4. The zero-order valence-corrected chi connectivity index (χ0v) is 40.9. The summed E-state index contributed by atoms with van der Waals surface area (Å²) in [6, 6.07) is 15.8. The molecule has 7 N–H and O–H groups in total. The van der Waals surface area contributed by atoms with E-state index in [0.29, 0.717) is 24.0 Å². The number of hydrogen-bond donors (Lipinski definition) is 6. The maximum absolute atomic E-state index is 14.8. The first-order chi connectivity index (χ1) is 31.5. The quantitative estimate of drug-likeness (QED) is 0.0327. The molecule has 0 radical (unpaired) electrons. The maximum Gasteiger partial charge on any atom is 0.325 e. The Morgan fingerprint density at radius 3 is 1.42 bits per heavy atom. The molecule has 4 amide bonds. The van der Waals surface area contributed by atoms with Gasteiger partial charge in [0.25, 0.3) is 11.8 Å². The van der Waals surface area contributed by atoms with Gasteiger partial charge in [0, 0.05) is 14.1 Å². The lowest BCUT2D eigenvalue weighted by molar-refractivity contribution is -0.229. The molecule has 0 saturated carbocycles. The van der Waals surface area contributed by atoms with Gasteiger partial charge in [0.15, 0.2) is 12.2 Å². The van der Waals surface area contributed by atoms with Crippen LogP contribution in [-0.4, -0.2) is 97.6 Å². The zero-order valence-electron chi connectivity index (χ0n) is 39.3. The van der Waals surface area contributed by atoms with Gasteiger partial charge in [-0.1, -0.05) is 103 Å². The number of amides is 4. The van der Waals surface area contributed by atoms with Crippen LogP contribution in [0.15, 0.2) is 82.2 Å². The van der Waals surface area contributed by atoms with E-state index >= 15 is 0 Å². The molecule has 0 spiro atoms. The highest BCUT2D eigenvalue weighted by atomic mass is 32.1. The molecule has 10 atom stereocenters. The van der Waals surface area contributed by atoms with Crippen LogP contribution < -0.4 is 27.0 Å². The largest absolute Gasteiger partial charge is 0.435 e. The molecule has 17 heteroatoms. The Bertz CT molecular complexity index is 2120. The number of nitrogens with two attached hydrogens (primary N) is 1. The average Bonchev–Trinajstić information content (AvgIpc) is 4.08. The molecule has 0 aliphatic carbocycles. The lowest BCUT2D eigenvalue weighted by Crippen LogP contribution is -2.61. The van der Waals surface area contributed by atoms with Crippen LogP contribution in [0.4, 0.5) is 0 Å². The minimum absolute atomic E-state index is 0.199. The van der Waals surface area contributed by atoms with Gasteiger partial charge in [-0.25, -0.2) is 0 Å². The third kappa shape index (κ3) is 15.0. The van der Waals surface area contributed by atoms with E-state index in [4.69, 9.17) is 24.7 Å². The van der Waals surface area contributed by atoms with Crippen molar-refractivity contribution in [3.63, 3.8) is 0 Å². The van der Waals surface area contributed by atoms with E-state index in [2.05, 4.69) is 21.3 Å². The van der Waals surface area contributed by atoms with Crippen molar-refractivity contribution in [1.29, 1.82) is 0 Å². The fourth-order valence-electron chi connectivity index (χ4n) is 6.92. The Labute approximate surface area is 396 Å². The molecule has 0 aliphatic rings. The standard InChI is InChI=1S/C49H67N5O10S2/c1-10-29(5)39(45(56)51-8)53-47(58)43(61-24-32-12-16-34(17-13-32)36-20-22-65-26-36)41(55)42(63-31(7)64-49(60)38(50)28(3)4)44(48(59)54-40(30(6)11-2)46(57)52-9)62-25-33-14-18-35(19-15-33)37-21-23-66-27-37/h12-23,26-31,38-44,55H,10-11,24-25,50H2,1-9H3,(H,51,56)(H,52,57)(H,53,58)(H,54,59)/t29?,30?,31?,38-,39-,40-,41+,42+,43+,44+/m0/s1. The number of aliphatic hydroxyl groups excluding tert-OH is 1. The van der Waals surface area contributed by atoms with Crippen molar-refractivity contribution in [2.75, 3.05) is 14.1 Å². The summed E-state index contributed by atoms with van der Waals surface area (Å²) >= 11 is 3.14. The molecule has 2 heterocycles. The van der Waals surface area contributed by atoms with E-state index < -0.39 is 78.4 Å². The molecule has 15 nitrogen and oxygen atoms in total. The topological polar surface area (TPSA) is 217 Å². The lowest BCUT2D eigenvalue weighted by Gasteiger charge is -2.36. The molecular weight excluding hydrogens is 883 g/mol. The number of benzene rings is 2. The summed E-state index contributed by atoms with van der Waals surface area (Å²) < 4.78 is 24.7. The molecule has 0 fully saturated rings. The Morgan fingerprint density at radius 2 is 1.05 bits per heavy atom. The van der Waals surface area contributed by atoms with Gasteiger partial charge in [-0.3, -0.25) is 24.0 Å². The van der Waals surface area contributed by atoms with Crippen LogP contribution in [0.25, 0.3) is 22.3 Å². The summed E-state index contributed by atoms with van der Waals surface area (Å²) in [6.07, 6.45) is -7.91. The number of carbonyl (C=O) groups is 5. The number of rotatable bonds is 26. The van der Waals surface area contributed by atoms with Crippen LogP contribution in [0.2, 0.25) is 0 Å². The minimum atomic E-state index is -2.05. The summed E-state index contributed by atoms with van der Waals surface area (Å²) in [7, 11) is 2.90. The monoisotopic (exact) mass is 949 g/mol. The molecule has 0 aliphatic heterocycles. The van der Waals surface area contributed by atoms with Crippen LogP contribution in [-0.2, 0) is 56.1 Å². The van der Waals surface area contributed by atoms with Crippen molar-refractivity contribution in [3.05, 3.63) is 93.3 Å². The fourth-order valence-corrected chi connectivity index (χ4v) is 8.25. The van der Waals surface area contributed by atoms with Crippen molar-refractivity contribution in [2.45, 2.75) is 123 Å². The first-order valence-corrected chi connectivity index (χ1v) is 24.2. The highest BCUT2D eigenvalue weighted by molar-refractivity contribution is 7.08. The van der Waals surface area contributed by atoms with E-state index in [9.17, 15) is 29.1 Å².